The number of aliphatic hydroxyl groups excluding tert-OH is 1. The largest absolute Gasteiger partial charge is 0.392 e. The fourth-order valence-corrected chi connectivity index (χ4v) is 11.0. The second-order valence-electron chi connectivity index (χ2n) is 11.9. The zero-order valence-corrected chi connectivity index (χ0v) is 20.6. The molecule has 8 nitrogen and oxygen atoms in total. The van der Waals surface area contributed by atoms with Gasteiger partial charge in [-0.1, -0.05) is 6.92 Å². The van der Waals surface area contributed by atoms with Gasteiger partial charge in [0.2, 0.25) is 0 Å². The van der Waals surface area contributed by atoms with E-state index in [9.17, 15) is 15.3 Å². The molecule has 0 aromatic heterocycles. The number of fused-ring (bicyclic) bond motifs is 2. The molecule has 188 valence electrons. The summed E-state index contributed by atoms with van der Waals surface area (Å²) in [5, 5.41) is 37.6. The van der Waals surface area contributed by atoms with Crippen molar-refractivity contribution in [3.8, 4) is 0 Å². The van der Waals surface area contributed by atoms with E-state index in [0.717, 1.165) is 25.9 Å². The van der Waals surface area contributed by atoms with Crippen LogP contribution in [-0.2, 0) is 18.9 Å². The number of methoxy groups -OCH3 is 4. The minimum Gasteiger partial charge on any atom is -0.392 e. The van der Waals surface area contributed by atoms with E-state index < -0.39 is 28.8 Å². The molecule has 1 heterocycles. The van der Waals surface area contributed by atoms with Crippen LogP contribution in [-0.4, -0.2) is 110 Å². The van der Waals surface area contributed by atoms with Gasteiger partial charge in [0.15, 0.2) is 0 Å². The third-order valence-electron chi connectivity index (χ3n) is 11.5. The zero-order valence-electron chi connectivity index (χ0n) is 20.6. The molecular formula is C25H41NO7. The van der Waals surface area contributed by atoms with Gasteiger partial charge in [0.05, 0.1) is 37.1 Å². The highest BCUT2D eigenvalue weighted by atomic mass is 16.5. The lowest BCUT2D eigenvalue weighted by Crippen LogP contribution is -2.82. The Labute approximate surface area is 196 Å². The van der Waals surface area contributed by atoms with Gasteiger partial charge < -0.3 is 34.3 Å². The number of likely N-dealkylation sites (N-methyl/N-ethyl adjacent to an activating group) is 1. The molecule has 0 amide bonds. The summed E-state index contributed by atoms with van der Waals surface area (Å²) in [6, 6.07) is -0.386. The van der Waals surface area contributed by atoms with Crippen LogP contribution in [0.1, 0.15) is 32.6 Å². The number of hydrogen-bond donors (Lipinski definition) is 3. The van der Waals surface area contributed by atoms with Gasteiger partial charge in [-0.2, -0.15) is 0 Å². The highest BCUT2D eigenvalue weighted by molar-refractivity contribution is 5.41. The molecule has 6 fully saturated rings. The first kappa shape index (κ1) is 23.1. The standard InChI is InChI=1S/C25H41NO7/c1-6-26-11-22(12-30-2)8-7-16(27)24-14-9-13-15(31-3)10-23(28,17(14)18(13)32-4)25(29,21(24)26)20(33-5)19(22)24/h13-21,27-29H,6-12H2,1-5H3/t13-,14?,15+,16+,17?,18+,19?,20-,21?,22+,23-,24+,25+/m1/s1. The summed E-state index contributed by atoms with van der Waals surface area (Å²) in [5.74, 6) is -0.231. The van der Waals surface area contributed by atoms with Crippen molar-refractivity contribution in [2.75, 3.05) is 48.1 Å². The zero-order chi connectivity index (χ0) is 23.6. The van der Waals surface area contributed by atoms with Crippen molar-refractivity contribution in [3.05, 3.63) is 0 Å². The summed E-state index contributed by atoms with van der Waals surface area (Å²) in [4.78, 5) is 2.33. The second kappa shape index (κ2) is 7.13. The highest BCUT2D eigenvalue weighted by Gasteiger charge is 2.91. The molecule has 0 radical (unpaired) electrons. The average Bonchev–Trinajstić information content (AvgIpc) is 3.22. The molecule has 5 aliphatic carbocycles. The Morgan fingerprint density at radius 2 is 1.82 bits per heavy atom. The van der Waals surface area contributed by atoms with Crippen molar-refractivity contribution in [1.82, 2.24) is 4.90 Å². The topological polar surface area (TPSA) is 101 Å². The first-order valence-corrected chi connectivity index (χ1v) is 12.7. The molecule has 13 atom stereocenters. The van der Waals surface area contributed by atoms with E-state index in [1.165, 1.54) is 0 Å². The van der Waals surface area contributed by atoms with Crippen LogP contribution in [0.25, 0.3) is 0 Å². The Hall–Kier alpha value is -0.320. The van der Waals surface area contributed by atoms with E-state index in [0.29, 0.717) is 19.4 Å². The first-order valence-electron chi connectivity index (χ1n) is 12.7. The van der Waals surface area contributed by atoms with Gasteiger partial charge in [0.1, 0.15) is 11.2 Å². The predicted molar refractivity (Wildman–Crippen MR) is 119 cm³/mol. The lowest BCUT2D eigenvalue weighted by atomic mass is 9.42. The van der Waals surface area contributed by atoms with E-state index in [2.05, 4.69) is 11.8 Å². The molecule has 0 aromatic carbocycles. The minimum absolute atomic E-state index is 0.00825. The minimum atomic E-state index is -1.55. The van der Waals surface area contributed by atoms with Crippen LogP contribution in [0, 0.1) is 34.5 Å². The number of hydrogen-bond acceptors (Lipinski definition) is 8. The number of aliphatic hydroxyl groups is 3. The van der Waals surface area contributed by atoms with E-state index in [1.807, 2.05) is 0 Å². The SMILES string of the molecule is CCN1C[C@]2(COC)CC[C@H](O)[C@]34C5C[C@@H]6[C@@H](OC)C[C@@](O)(C5[C@H]6OC)[C@@](O)(C13)[C@H](OC)C24. The quantitative estimate of drug-likeness (QED) is 0.512. The van der Waals surface area contributed by atoms with E-state index in [1.54, 1.807) is 28.4 Å². The molecule has 1 aliphatic heterocycles. The van der Waals surface area contributed by atoms with Gasteiger partial charge in [-0.15, -0.1) is 0 Å². The number of nitrogens with zero attached hydrogens (tertiary/aromatic N) is 1. The van der Waals surface area contributed by atoms with Crippen molar-refractivity contribution >= 4 is 0 Å². The summed E-state index contributed by atoms with van der Waals surface area (Å²) in [5.41, 5.74) is -3.82. The van der Waals surface area contributed by atoms with E-state index in [-0.39, 0.29) is 47.3 Å². The Morgan fingerprint density at radius 3 is 2.42 bits per heavy atom. The van der Waals surface area contributed by atoms with Crippen molar-refractivity contribution in [2.45, 2.75) is 74.3 Å². The molecule has 6 rings (SSSR count). The maximum absolute atomic E-state index is 12.9. The molecule has 4 unspecified atom stereocenters. The Balaban J connectivity index is 1.67. The molecule has 3 N–H and O–H groups in total. The number of likely N-dealkylation sites (tertiary alicyclic amines) is 1. The summed E-state index contributed by atoms with van der Waals surface area (Å²) >= 11 is 0. The third-order valence-corrected chi connectivity index (χ3v) is 11.5. The monoisotopic (exact) mass is 467 g/mol. The fourth-order valence-electron chi connectivity index (χ4n) is 11.0. The van der Waals surface area contributed by atoms with Gasteiger partial charge in [-0.25, -0.2) is 0 Å². The van der Waals surface area contributed by atoms with Crippen LogP contribution in [0.15, 0.2) is 0 Å². The van der Waals surface area contributed by atoms with Crippen LogP contribution >= 0.6 is 0 Å². The summed E-state index contributed by atoms with van der Waals surface area (Å²) in [7, 11) is 6.79. The molecule has 33 heavy (non-hydrogen) atoms. The first-order chi connectivity index (χ1) is 15.8. The maximum atomic E-state index is 12.9. The van der Waals surface area contributed by atoms with Crippen LogP contribution in [0.3, 0.4) is 0 Å². The summed E-state index contributed by atoms with van der Waals surface area (Å²) in [6.07, 6.45) is 1.06. The molecule has 5 saturated carbocycles. The highest BCUT2D eigenvalue weighted by Crippen LogP contribution is 2.80. The van der Waals surface area contributed by atoms with Crippen molar-refractivity contribution in [3.63, 3.8) is 0 Å². The molecule has 7 bridgehead atoms. The predicted octanol–water partition coefficient (Wildman–Crippen LogP) is 0.271. The van der Waals surface area contributed by atoms with Gasteiger partial charge in [0, 0.05) is 70.0 Å². The van der Waals surface area contributed by atoms with Crippen molar-refractivity contribution in [2.24, 2.45) is 34.5 Å². The molecular weight excluding hydrogens is 426 g/mol. The number of piperidine rings is 1. The maximum Gasteiger partial charge on any atom is 0.136 e. The lowest BCUT2D eigenvalue weighted by molar-refractivity contribution is -0.318. The van der Waals surface area contributed by atoms with Gasteiger partial charge in [0.25, 0.3) is 0 Å². The lowest BCUT2D eigenvalue weighted by Gasteiger charge is -2.69. The van der Waals surface area contributed by atoms with Gasteiger partial charge in [-0.05, 0) is 31.7 Å². The van der Waals surface area contributed by atoms with Gasteiger partial charge >= 0.3 is 0 Å². The average molecular weight is 468 g/mol. The molecule has 1 spiro atoms. The van der Waals surface area contributed by atoms with Crippen LogP contribution in [0.5, 0.6) is 0 Å². The van der Waals surface area contributed by atoms with Crippen LogP contribution in [0.4, 0.5) is 0 Å². The van der Waals surface area contributed by atoms with E-state index in [4.69, 9.17) is 18.9 Å². The summed E-state index contributed by atoms with van der Waals surface area (Å²) in [6.45, 7) is 4.18. The molecule has 0 aromatic rings. The Kier molecular flexibility index (Phi) is 4.99. The smallest absolute Gasteiger partial charge is 0.136 e. The van der Waals surface area contributed by atoms with Gasteiger partial charge in [-0.3, -0.25) is 4.90 Å². The third kappa shape index (κ3) is 2.20. The molecule has 8 heteroatoms. The van der Waals surface area contributed by atoms with Crippen LogP contribution < -0.4 is 0 Å². The number of ether oxygens (including phenoxy) is 4. The Bertz CT molecular complexity index is 814. The van der Waals surface area contributed by atoms with E-state index >= 15 is 0 Å². The fraction of sp³-hybridized carbons (Fsp3) is 1.00. The van der Waals surface area contributed by atoms with Crippen molar-refractivity contribution < 1.29 is 34.3 Å². The molecule has 6 aliphatic rings. The normalized spacial score (nSPS) is 60.9. The van der Waals surface area contributed by atoms with Crippen LogP contribution in [0.2, 0.25) is 0 Å². The summed E-state index contributed by atoms with van der Waals surface area (Å²) < 4.78 is 24.0. The van der Waals surface area contributed by atoms with Crippen molar-refractivity contribution in [1.29, 1.82) is 0 Å². The second-order valence-corrected chi connectivity index (χ2v) is 11.9. The molecule has 1 saturated heterocycles. The number of rotatable bonds is 6. The Morgan fingerprint density at radius 1 is 1.06 bits per heavy atom.